The van der Waals surface area contributed by atoms with Gasteiger partial charge in [-0.3, -0.25) is 0 Å². The van der Waals surface area contributed by atoms with Crippen molar-refractivity contribution in [3.05, 3.63) is 41.9 Å². The van der Waals surface area contributed by atoms with E-state index < -0.39 is 0 Å². The van der Waals surface area contributed by atoms with Gasteiger partial charge in [-0.05, 0) is 36.6 Å². The van der Waals surface area contributed by atoms with E-state index in [1.165, 1.54) is 18.4 Å². The molecular formula is C18H18N4O. The molecule has 5 nitrogen and oxygen atoms in total. The summed E-state index contributed by atoms with van der Waals surface area (Å²) in [6, 6.07) is 8.50. The van der Waals surface area contributed by atoms with E-state index in [0.29, 0.717) is 5.92 Å². The van der Waals surface area contributed by atoms with Gasteiger partial charge in [0.15, 0.2) is 5.65 Å². The highest BCUT2D eigenvalue weighted by molar-refractivity contribution is 5.78. The van der Waals surface area contributed by atoms with Gasteiger partial charge in [0.1, 0.15) is 18.2 Å². The summed E-state index contributed by atoms with van der Waals surface area (Å²) in [5.41, 5.74) is 5.30. The molecule has 5 rings (SSSR count). The maximum atomic E-state index is 5.75. The molecule has 23 heavy (non-hydrogen) atoms. The predicted octanol–water partition coefficient (Wildman–Crippen LogP) is 2.98. The van der Waals surface area contributed by atoms with E-state index in [-0.39, 0.29) is 0 Å². The summed E-state index contributed by atoms with van der Waals surface area (Å²) in [6.07, 6.45) is 4.39. The fraction of sp³-hybridized carbons (Fsp3) is 0.333. The maximum Gasteiger partial charge on any atom is 0.177 e. The van der Waals surface area contributed by atoms with Crippen LogP contribution in [0.25, 0.3) is 22.3 Å². The number of hydrogen-bond acceptors (Lipinski definition) is 4. The van der Waals surface area contributed by atoms with Crippen LogP contribution in [-0.4, -0.2) is 28.1 Å². The number of fused-ring (bicyclic) bond motifs is 2. The molecule has 2 aromatic heterocycles. The van der Waals surface area contributed by atoms with Gasteiger partial charge in [0, 0.05) is 36.3 Å². The molecule has 0 atom stereocenters. The van der Waals surface area contributed by atoms with E-state index in [1.807, 2.05) is 6.20 Å². The molecule has 1 fully saturated rings. The van der Waals surface area contributed by atoms with Crippen LogP contribution in [0.1, 0.15) is 30.1 Å². The van der Waals surface area contributed by atoms with Gasteiger partial charge in [0.25, 0.3) is 0 Å². The molecule has 0 spiro atoms. The average Bonchev–Trinajstić information content (AvgIpc) is 3.37. The Morgan fingerprint density at radius 1 is 1.13 bits per heavy atom. The molecule has 5 heteroatoms. The number of pyridine rings is 1. The molecule has 3 aromatic rings. The summed E-state index contributed by atoms with van der Waals surface area (Å²) in [5, 5.41) is 3.38. The number of aromatic nitrogens is 3. The molecular weight excluding hydrogens is 288 g/mol. The molecule has 0 unspecified atom stereocenters. The van der Waals surface area contributed by atoms with Gasteiger partial charge in [-0.2, -0.15) is 0 Å². The maximum absolute atomic E-state index is 5.75. The lowest BCUT2D eigenvalue weighted by atomic mass is 10.0. The van der Waals surface area contributed by atoms with Crippen LogP contribution in [0.5, 0.6) is 5.75 Å². The lowest BCUT2D eigenvalue weighted by molar-refractivity contribution is 0.326. The zero-order valence-corrected chi connectivity index (χ0v) is 12.8. The fourth-order valence-corrected chi connectivity index (χ4v) is 3.12. The molecule has 116 valence electrons. The monoisotopic (exact) mass is 306 g/mol. The van der Waals surface area contributed by atoms with Crippen molar-refractivity contribution in [3.63, 3.8) is 0 Å². The second-order valence-electron chi connectivity index (χ2n) is 6.34. The van der Waals surface area contributed by atoms with E-state index >= 15 is 0 Å². The van der Waals surface area contributed by atoms with Crippen molar-refractivity contribution in [2.75, 3.05) is 13.2 Å². The number of rotatable bonds is 2. The van der Waals surface area contributed by atoms with E-state index in [0.717, 1.165) is 53.6 Å². The highest BCUT2D eigenvalue weighted by Gasteiger charge is 2.27. The Kier molecular flexibility index (Phi) is 2.88. The Bertz CT molecular complexity index is 882. The highest BCUT2D eigenvalue weighted by Crippen LogP contribution is 2.39. The van der Waals surface area contributed by atoms with Crippen molar-refractivity contribution in [2.24, 2.45) is 0 Å². The number of benzene rings is 1. The zero-order valence-electron chi connectivity index (χ0n) is 12.8. The number of ether oxygens (including phenoxy) is 1. The van der Waals surface area contributed by atoms with Gasteiger partial charge in [-0.1, -0.05) is 6.07 Å². The molecule has 3 heterocycles. The lowest BCUT2D eigenvalue weighted by Crippen LogP contribution is -2.16. The van der Waals surface area contributed by atoms with Crippen LogP contribution in [0.15, 0.2) is 30.5 Å². The standard InChI is InChI=1S/C18H18N4O/c1-2-11(1)17-21-15-8-13(10-20-18(15)22-17)12-3-4-16-14(7-12)9-19-5-6-23-16/h3-4,7-8,10-11,19H,1-2,5-6,9H2,(H,20,21,22). The summed E-state index contributed by atoms with van der Waals surface area (Å²) in [6.45, 7) is 2.45. The largest absolute Gasteiger partial charge is 0.492 e. The van der Waals surface area contributed by atoms with Crippen molar-refractivity contribution >= 4 is 11.2 Å². The molecule has 0 amide bonds. The van der Waals surface area contributed by atoms with E-state index in [4.69, 9.17) is 4.74 Å². The Hall–Kier alpha value is -2.40. The second kappa shape index (κ2) is 5.06. The van der Waals surface area contributed by atoms with Crippen LogP contribution < -0.4 is 10.1 Å². The van der Waals surface area contributed by atoms with E-state index in [9.17, 15) is 0 Å². The second-order valence-corrected chi connectivity index (χ2v) is 6.34. The third-order valence-corrected chi connectivity index (χ3v) is 4.57. The normalized spacial score (nSPS) is 17.6. The number of nitrogens with zero attached hydrogens (tertiary/aromatic N) is 2. The molecule has 1 aromatic carbocycles. The van der Waals surface area contributed by atoms with Crippen LogP contribution in [0.4, 0.5) is 0 Å². The minimum absolute atomic E-state index is 0.614. The number of hydrogen-bond donors (Lipinski definition) is 2. The van der Waals surface area contributed by atoms with Crippen LogP contribution in [0, 0.1) is 0 Å². The van der Waals surface area contributed by atoms with Crippen LogP contribution in [-0.2, 0) is 6.54 Å². The molecule has 0 saturated heterocycles. The summed E-state index contributed by atoms with van der Waals surface area (Å²) in [5.74, 6) is 2.68. The Morgan fingerprint density at radius 2 is 2.09 bits per heavy atom. The zero-order chi connectivity index (χ0) is 15.2. The van der Waals surface area contributed by atoms with E-state index in [1.54, 1.807) is 0 Å². The predicted molar refractivity (Wildman–Crippen MR) is 88.5 cm³/mol. The molecule has 2 N–H and O–H groups in total. The van der Waals surface area contributed by atoms with Crippen LogP contribution >= 0.6 is 0 Å². The third-order valence-electron chi connectivity index (χ3n) is 4.57. The first kappa shape index (κ1) is 13.1. The lowest BCUT2D eigenvalue weighted by Gasteiger charge is -2.09. The smallest absolute Gasteiger partial charge is 0.177 e. The van der Waals surface area contributed by atoms with Crippen molar-refractivity contribution in [1.29, 1.82) is 0 Å². The molecule has 0 radical (unpaired) electrons. The van der Waals surface area contributed by atoms with Crippen molar-refractivity contribution < 1.29 is 4.74 Å². The summed E-state index contributed by atoms with van der Waals surface area (Å²) < 4.78 is 5.75. The number of aromatic amines is 1. The Morgan fingerprint density at radius 3 is 3.00 bits per heavy atom. The molecule has 1 aliphatic heterocycles. The van der Waals surface area contributed by atoms with Gasteiger partial charge in [-0.15, -0.1) is 0 Å². The molecule has 2 aliphatic rings. The minimum Gasteiger partial charge on any atom is -0.492 e. The first-order valence-electron chi connectivity index (χ1n) is 8.19. The molecule has 1 saturated carbocycles. The van der Waals surface area contributed by atoms with Gasteiger partial charge in [0.2, 0.25) is 0 Å². The first-order valence-corrected chi connectivity index (χ1v) is 8.19. The van der Waals surface area contributed by atoms with Crippen LogP contribution in [0.2, 0.25) is 0 Å². The number of H-pyrrole nitrogens is 1. The number of nitrogens with one attached hydrogen (secondary N) is 2. The molecule has 0 bridgehead atoms. The van der Waals surface area contributed by atoms with Gasteiger partial charge in [-0.25, -0.2) is 9.97 Å². The first-order chi connectivity index (χ1) is 11.4. The quantitative estimate of drug-likeness (QED) is 0.764. The summed E-state index contributed by atoms with van der Waals surface area (Å²) in [7, 11) is 0. The Balaban J connectivity index is 1.55. The summed E-state index contributed by atoms with van der Waals surface area (Å²) >= 11 is 0. The van der Waals surface area contributed by atoms with Gasteiger partial charge >= 0.3 is 0 Å². The topological polar surface area (TPSA) is 62.8 Å². The minimum atomic E-state index is 0.614. The van der Waals surface area contributed by atoms with Gasteiger partial charge in [0.05, 0.1) is 5.52 Å². The SMILES string of the molecule is c1cc2c(cc1-c1cnc3nc(C4CC4)[nH]c3c1)CNCCO2. The molecule has 1 aliphatic carbocycles. The highest BCUT2D eigenvalue weighted by atomic mass is 16.5. The third kappa shape index (κ3) is 2.37. The van der Waals surface area contributed by atoms with Crippen molar-refractivity contribution in [1.82, 2.24) is 20.3 Å². The van der Waals surface area contributed by atoms with E-state index in [2.05, 4.69) is 44.5 Å². The van der Waals surface area contributed by atoms with Crippen molar-refractivity contribution in [3.8, 4) is 16.9 Å². The van der Waals surface area contributed by atoms with Crippen LogP contribution in [0.3, 0.4) is 0 Å². The summed E-state index contributed by atoms with van der Waals surface area (Å²) in [4.78, 5) is 12.6. The number of imidazole rings is 1. The van der Waals surface area contributed by atoms with Crippen molar-refractivity contribution in [2.45, 2.75) is 25.3 Å². The average molecular weight is 306 g/mol. The fourth-order valence-electron chi connectivity index (χ4n) is 3.12. The van der Waals surface area contributed by atoms with Gasteiger partial charge < -0.3 is 15.0 Å². The Labute approximate surface area is 134 Å².